The second-order valence-corrected chi connectivity index (χ2v) is 9.06. The second kappa shape index (κ2) is 17.9. The maximum Gasteiger partial charge on any atom is 0.420 e. The summed E-state index contributed by atoms with van der Waals surface area (Å²) in [6, 6.07) is 0. The van der Waals surface area contributed by atoms with Gasteiger partial charge in [-0.15, -0.1) is 0 Å². The van der Waals surface area contributed by atoms with E-state index in [2.05, 4.69) is 34.6 Å². The third-order valence-corrected chi connectivity index (χ3v) is 6.30. The lowest BCUT2D eigenvalue weighted by atomic mass is 10.4. The molecule has 0 fully saturated rings. The van der Waals surface area contributed by atoms with Crippen LogP contribution in [-0.4, -0.2) is 38.7 Å². The Hall–Kier alpha value is 0.0300. The highest BCUT2D eigenvalue weighted by Crippen LogP contribution is 2.62. The van der Waals surface area contributed by atoms with Crippen LogP contribution in [0.4, 0.5) is 0 Å². The maximum absolute atomic E-state index is 13.9. The highest BCUT2D eigenvalue weighted by Gasteiger charge is 2.56. The van der Waals surface area contributed by atoms with Crippen molar-refractivity contribution in [2.24, 2.45) is 0 Å². The third-order valence-electron chi connectivity index (χ3n) is 4.20. The quantitative estimate of drug-likeness (QED) is 0.114. The van der Waals surface area contributed by atoms with Crippen LogP contribution in [0.3, 0.4) is 0 Å². The first kappa shape index (κ1) is 28.0. The van der Waals surface area contributed by atoms with Gasteiger partial charge in [0.2, 0.25) is 0 Å². The van der Waals surface area contributed by atoms with E-state index in [0.717, 1.165) is 64.2 Å². The van der Waals surface area contributed by atoms with E-state index in [0.29, 0.717) is 33.0 Å². The van der Waals surface area contributed by atoms with Crippen molar-refractivity contribution in [3.05, 3.63) is 0 Å². The first-order valence-electron chi connectivity index (χ1n) is 11.4. The van der Waals surface area contributed by atoms with Gasteiger partial charge in [0.25, 0.3) is 0 Å². The van der Waals surface area contributed by atoms with E-state index in [1.54, 1.807) is 0 Å². The predicted octanol–water partition coefficient (Wildman–Crippen LogP) is 6.87. The molecule has 0 spiro atoms. The minimum atomic E-state index is -3.81. The van der Waals surface area contributed by atoms with Crippen molar-refractivity contribution in [2.45, 2.75) is 105 Å². The van der Waals surface area contributed by atoms with Crippen LogP contribution in [0.1, 0.15) is 98.8 Å². The van der Waals surface area contributed by atoms with E-state index < -0.39 is 13.3 Å². The SMILES string of the molecule is CCCCOC(OCCCC)(OCCCC)P(=O)(OCCCC)OCCCC. The van der Waals surface area contributed by atoms with Crippen LogP contribution in [0, 0.1) is 0 Å². The molecule has 0 aromatic rings. The Morgan fingerprint density at radius 2 is 0.821 bits per heavy atom. The summed E-state index contributed by atoms with van der Waals surface area (Å²) >= 11 is 0. The topological polar surface area (TPSA) is 63.2 Å². The molecular weight excluding hydrogens is 379 g/mol. The maximum atomic E-state index is 13.9. The van der Waals surface area contributed by atoms with Gasteiger partial charge in [-0.25, -0.2) is 0 Å². The van der Waals surface area contributed by atoms with Crippen molar-refractivity contribution in [2.75, 3.05) is 33.0 Å². The summed E-state index contributed by atoms with van der Waals surface area (Å²) in [6.45, 7) is 12.2. The molecule has 0 heterocycles. The van der Waals surface area contributed by atoms with E-state index in [-0.39, 0.29) is 0 Å². The van der Waals surface area contributed by atoms with Crippen molar-refractivity contribution in [1.29, 1.82) is 0 Å². The minimum absolute atomic E-state index is 0.326. The van der Waals surface area contributed by atoms with E-state index in [9.17, 15) is 4.57 Å². The fraction of sp³-hybridized carbons (Fsp3) is 1.00. The molecule has 0 aliphatic rings. The summed E-state index contributed by atoms with van der Waals surface area (Å²) in [7, 11) is -3.81. The Kier molecular flexibility index (Phi) is 17.9. The zero-order valence-electron chi connectivity index (χ0n) is 19.0. The Bertz CT molecular complexity index is 351. The molecule has 0 rings (SSSR count). The summed E-state index contributed by atoms with van der Waals surface area (Å²) in [6.07, 6.45) is 8.77. The van der Waals surface area contributed by atoms with Crippen LogP contribution in [0.2, 0.25) is 0 Å². The van der Waals surface area contributed by atoms with Gasteiger partial charge < -0.3 is 23.3 Å². The molecule has 0 radical (unpaired) electrons. The lowest BCUT2D eigenvalue weighted by Crippen LogP contribution is -2.41. The van der Waals surface area contributed by atoms with Crippen LogP contribution >= 0.6 is 7.60 Å². The van der Waals surface area contributed by atoms with Crippen molar-refractivity contribution < 1.29 is 27.8 Å². The zero-order chi connectivity index (χ0) is 21.1. The molecule has 6 nitrogen and oxygen atoms in total. The summed E-state index contributed by atoms with van der Waals surface area (Å²) < 4.78 is 43.7. The highest BCUT2D eigenvalue weighted by atomic mass is 31.2. The smallest absolute Gasteiger partial charge is 0.318 e. The van der Waals surface area contributed by atoms with Crippen molar-refractivity contribution in [1.82, 2.24) is 0 Å². The number of unbranched alkanes of at least 4 members (excludes halogenated alkanes) is 5. The number of ether oxygens (including phenoxy) is 3. The van der Waals surface area contributed by atoms with E-state index in [1.807, 2.05) is 0 Å². The van der Waals surface area contributed by atoms with Crippen molar-refractivity contribution in [3.63, 3.8) is 0 Å². The highest BCUT2D eigenvalue weighted by molar-refractivity contribution is 7.55. The van der Waals surface area contributed by atoms with Gasteiger partial charge >= 0.3 is 13.3 Å². The van der Waals surface area contributed by atoms with Gasteiger partial charge in [0.05, 0.1) is 33.0 Å². The molecule has 0 aliphatic carbocycles. The van der Waals surface area contributed by atoms with Crippen molar-refractivity contribution >= 4 is 7.60 Å². The first-order valence-corrected chi connectivity index (χ1v) is 12.9. The number of hydrogen-bond donors (Lipinski definition) is 0. The molecule has 0 saturated carbocycles. The molecule has 7 heteroatoms. The van der Waals surface area contributed by atoms with Gasteiger partial charge in [0.15, 0.2) is 0 Å². The lowest BCUT2D eigenvalue weighted by molar-refractivity contribution is -0.335. The van der Waals surface area contributed by atoms with Gasteiger partial charge in [0.1, 0.15) is 0 Å². The molecule has 0 amide bonds. The Labute approximate surface area is 173 Å². The molecule has 0 aromatic heterocycles. The summed E-state index contributed by atoms with van der Waals surface area (Å²) in [5.74, 6) is 0. The first-order chi connectivity index (χ1) is 13.6. The van der Waals surface area contributed by atoms with Gasteiger partial charge in [-0.2, -0.15) is 0 Å². The third kappa shape index (κ3) is 10.7. The van der Waals surface area contributed by atoms with Crippen LogP contribution < -0.4 is 0 Å². The molecule has 170 valence electrons. The molecule has 0 N–H and O–H groups in total. The van der Waals surface area contributed by atoms with E-state index >= 15 is 0 Å². The molecule has 0 saturated heterocycles. The molecule has 0 unspecified atom stereocenters. The molecule has 0 bridgehead atoms. The molecule has 28 heavy (non-hydrogen) atoms. The van der Waals surface area contributed by atoms with Crippen LogP contribution in [0.15, 0.2) is 0 Å². The Balaban J connectivity index is 5.67. The predicted molar refractivity (Wildman–Crippen MR) is 115 cm³/mol. The van der Waals surface area contributed by atoms with Crippen LogP contribution in [0.5, 0.6) is 0 Å². The summed E-state index contributed by atoms with van der Waals surface area (Å²) in [4.78, 5) is 0. The van der Waals surface area contributed by atoms with Crippen LogP contribution in [-0.2, 0) is 27.8 Å². The largest absolute Gasteiger partial charge is 0.420 e. The average Bonchev–Trinajstić information content (AvgIpc) is 2.68. The molecule has 0 aromatic carbocycles. The Morgan fingerprint density at radius 1 is 0.536 bits per heavy atom. The number of rotatable bonds is 21. The minimum Gasteiger partial charge on any atom is -0.318 e. The Morgan fingerprint density at radius 3 is 1.11 bits per heavy atom. The van der Waals surface area contributed by atoms with E-state index in [1.165, 1.54) is 0 Å². The molecule has 0 atom stereocenters. The van der Waals surface area contributed by atoms with Gasteiger partial charge in [-0.05, 0) is 32.1 Å². The molecular formula is C21H45O6P. The lowest BCUT2D eigenvalue weighted by Gasteiger charge is -2.37. The summed E-state index contributed by atoms with van der Waals surface area (Å²) in [5.41, 5.74) is -1.78. The summed E-state index contributed by atoms with van der Waals surface area (Å²) in [5, 5.41) is 0. The standard InChI is InChI=1S/C21H45O6P/c1-6-11-16-23-21(24-17-12-7-2,25-18-13-8-3)28(22,26-19-14-9-4)27-20-15-10-5/h6-20H2,1-5H3. The molecule has 0 aliphatic heterocycles. The number of hydrogen-bond acceptors (Lipinski definition) is 6. The monoisotopic (exact) mass is 424 g/mol. The van der Waals surface area contributed by atoms with Crippen molar-refractivity contribution in [3.8, 4) is 0 Å². The fourth-order valence-electron chi connectivity index (χ4n) is 2.25. The average molecular weight is 425 g/mol. The fourth-order valence-corrected chi connectivity index (χ4v) is 4.13. The zero-order valence-corrected chi connectivity index (χ0v) is 19.9. The van der Waals surface area contributed by atoms with Crippen LogP contribution in [0.25, 0.3) is 0 Å². The second-order valence-electron chi connectivity index (χ2n) is 7.00. The van der Waals surface area contributed by atoms with Gasteiger partial charge in [-0.3, -0.25) is 4.57 Å². The van der Waals surface area contributed by atoms with Gasteiger partial charge in [0, 0.05) is 0 Å². The van der Waals surface area contributed by atoms with Gasteiger partial charge in [-0.1, -0.05) is 66.7 Å². The van der Waals surface area contributed by atoms with E-state index in [4.69, 9.17) is 23.3 Å². The normalized spacial score (nSPS) is 12.6.